The van der Waals surface area contributed by atoms with Crippen molar-refractivity contribution in [3.8, 4) is 0 Å². The molecular weight excluding hydrogens is 500 g/mol. The molecule has 6 nitrogen and oxygen atoms in total. The summed E-state index contributed by atoms with van der Waals surface area (Å²) >= 11 is 0. The number of imide groups is 2. The Balaban J connectivity index is 1.36. The highest BCUT2D eigenvalue weighted by atomic mass is 16.2. The van der Waals surface area contributed by atoms with Crippen LogP contribution >= 0.6 is 0 Å². The van der Waals surface area contributed by atoms with E-state index < -0.39 is 0 Å². The molecule has 0 atom stereocenters. The number of benzene rings is 2. The second-order valence-electron chi connectivity index (χ2n) is 11.9. The first kappa shape index (κ1) is 28.3. The van der Waals surface area contributed by atoms with E-state index >= 15 is 0 Å². The lowest BCUT2D eigenvalue weighted by atomic mass is 9.83. The van der Waals surface area contributed by atoms with Crippen molar-refractivity contribution in [1.29, 1.82) is 0 Å². The van der Waals surface area contributed by atoms with Gasteiger partial charge in [0.05, 0.1) is 0 Å². The number of hydrogen-bond donors (Lipinski definition) is 0. The highest BCUT2D eigenvalue weighted by Gasteiger charge is 2.41. The van der Waals surface area contributed by atoms with Crippen molar-refractivity contribution >= 4 is 23.6 Å². The van der Waals surface area contributed by atoms with Crippen molar-refractivity contribution in [2.75, 3.05) is 0 Å². The first-order chi connectivity index (χ1) is 19.5. The Bertz CT molecular complexity index is 1070. The Kier molecular flexibility index (Phi) is 9.45. The van der Waals surface area contributed by atoms with Crippen LogP contribution in [0.5, 0.6) is 0 Å². The van der Waals surface area contributed by atoms with Crippen LogP contribution in [0.25, 0.3) is 0 Å². The largest absolute Gasteiger partial charge is 0.275 e. The van der Waals surface area contributed by atoms with Gasteiger partial charge in [-0.05, 0) is 75.6 Å². The van der Waals surface area contributed by atoms with Crippen LogP contribution in [0.4, 0.5) is 0 Å². The summed E-state index contributed by atoms with van der Waals surface area (Å²) in [6, 6.07) is 17.7. The maximum atomic E-state index is 13.8. The van der Waals surface area contributed by atoms with Crippen molar-refractivity contribution in [1.82, 2.24) is 9.80 Å². The standard InChI is InChI=1S/C34H42N2O4/c37-31(25-13-5-1-6-14-25)35(32(38)26-15-7-2-8-16-26)29-21-23-30(24-22-29)36(33(39)27-17-9-3-10-18-27)34(40)28-19-11-4-12-20-28/h1,3,5-6,9-10,13-14,17-18,26,28-30H,2,4,7-8,11-12,15-16,19-24H2. The molecule has 0 N–H and O–H groups in total. The smallest absolute Gasteiger partial charge is 0.260 e. The molecule has 3 saturated carbocycles. The van der Waals surface area contributed by atoms with Crippen LogP contribution in [0, 0.1) is 11.8 Å². The molecule has 0 spiro atoms. The highest BCUT2D eigenvalue weighted by Crippen LogP contribution is 2.34. The van der Waals surface area contributed by atoms with E-state index in [1.54, 1.807) is 34.1 Å². The molecule has 3 fully saturated rings. The number of amides is 4. The summed E-state index contributed by atoms with van der Waals surface area (Å²) in [4.78, 5) is 58.2. The molecule has 0 saturated heterocycles. The minimum absolute atomic E-state index is 0.0486. The molecule has 0 radical (unpaired) electrons. The summed E-state index contributed by atoms with van der Waals surface area (Å²) < 4.78 is 0. The van der Waals surface area contributed by atoms with Gasteiger partial charge < -0.3 is 0 Å². The average Bonchev–Trinajstić information content (AvgIpc) is 3.03. The molecule has 0 aliphatic heterocycles. The molecule has 2 aromatic carbocycles. The van der Waals surface area contributed by atoms with Gasteiger partial charge in [0.2, 0.25) is 11.8 Å². The van der Waals surface area contributed by atoms with Gasteiger partial charge in [0.25, 0.3) is 11.8 Å². The zero-order valence-corrected chi connectivity index (χ0v) is 23.5. The fourth-order valence-electron chi connectivity index (χ4n) is 7.00. The first-order valence-corrected chi connectivity index (χ1v) is 15.4. The quantitative estimate of drug-likeness (QED) is 0.377. The van der Waals surface area contributed by atoms with Gasteiger partial charge in [0, 0.05) is 35.0 Å². The lowest BCUT2D eigenvalue weighted by Gasteiger charge is -2.41. The van der Waals surface area contributed by atoms with E-state index in [9.17, 15) is 19.2 Å². The van der Waals surface area contributed by atoms with Crippen molar-refractivity contribution in [2.45, 2.75) is 102 Å². The van der Waals surface area contributed by atoms with E-state index in [1.165, 1.54) is 0 Å². The molecule has 6 heteroatoms. The summed E-state index contributed by atoms with van der Waals surface area (Å²) in [6.45, 7) is 0. The SMILES string of the molecule is O=C(c1ccccc1)N(C(=O)C1CCCCC1)C1CCC(N(C(=O)c2ccccc2)C(=O)C2CCCCC2)CC1. The molecule has 4 amide bonds. The maximum Gasteiger partial charge on any atom is 0.260 e. The molecule has 2 aromatic rings. The second-order valence-corrected chi connectivity index (χ2v) is 11.9. The predicted molar refractivity (Wildman–Crippen MR) is 154 cm³/mol. The average molecular weight is 543 g/mol. The Morgan fingerprint density at radius 2 is 0.775 bits per heavy atom. The number of carbonyl (C=O) groups is 4. The van der Waals surface area contributed by atoms with Gasteiger partial charge in [-0.15, -0.1) is 0 Å². The van der Waals surface area contributed by atoms with Crippen LogP contribution in [0.15, 0.2) is 60.7 Å². The zero-order chi connectivity index (χ0) is 27.9. The summed E-state index contributed by atoms with van der Waals surface area (Å²) in [5.74, 6) is -0.767. The zero-order valence-electron chi connectivity index (χ0n) is 23.5. The Hall–Kier alpha value is -3.28. The van der Waals surface area contributed by atoms with Gasteiger partial charge in [-0.25, -0.2) is 0 Å². The van der Waals surface area contributed by atoms with Crippen molar-refractivity contribution < 1.29 is 19.2 Å². The van der Waals surface area contributed by atoms with Gasteiger partial charge in [-0.1, -0.05) is 74.9 Å². The number of rotatable bonds is 6. The summed E-state index contributed by atoms with van der Waals surface area (Å²) in [7, 11) is 0. The van der Waals surface area contributed by atoms with Crippen LogP contribution in [0.3, 0.4) is 0 Å². The lowest BCUT2D eigenvalue weighted by molar-refractivity contribution is -0.139. The van der Waals surface area contributed by atoms with Crippen LogP contribution in [-0.2, 0) is 9.59 Å². The fraction of sp³-hybridized carbons (Fsp3) is 0.529. The van der Waals surface area contributed by atoms with E-state index in [4.69, 9.17) is 0 Å². The Labute approximate surface area is 238 Å². The predicted octanol–water partition coefficient (Wildman–Crippen LogP) is 6.80. The molecule has 0 unspecified atom stereocenters. The normalized spacial score (nSPS) is 22.3. The maximum absolute atomic E-state index is 13.8. The number of hydrogen-bond acceptors (Lipinski definition) is 4. The monoisotopic (exact) mass is 542 g/mol. The van der Waals surface area contributed by atoms with Crippen LogP contribution in [0.1, 0.15) is 111 Å². The lowest BCUT2D eigenvalue weighted by Crippen LogP contribution is -2.53. The minimum Gasteiger partial charge on any atom is -0.275 e. The van der Waals surface area contributed by atoms with Crippen LogP contribution in [0.2, 0.25) is 0 Å². The van der Waals surface area contributed by atoms with Gasteiger partial charge in [-0.3, -0.25) is 29.0 Å². The summed E-state index contributed by atoms with van der Waals surface area (Å²) in [5, 5.41) is 0. The molecule has 3 aliphatic carbocycles. The fourth-order valence-corrected chi connectivity index (χ4v) is 7.00. The van der Waals surface area contributed by atoms with E-state index in [0.29, 0.717) is 36.8 Å². The third-order valence-electron chi connectivity index (χ3n) is 9.26. The van der Waals surface area contributed by atoms with Crippen molar-refractivity contribution in [2.24, 2.45) is 11.8 Å². The third kappa shape index (κ3) is 6.37. The molecule has 0 heterocycles. The van der Waals surface area contributed by atoms with Crippen molar-refractivity contribution in [3.05, 3.63) is 71.8 Å². The first-order valence-electron chi connectivity index (χ1n) is 15.4. The van der Waals surface area contributed by atoms with E-state index in [0.717, 1.165) is 64.2 Å². The van der Waals surface area contributed by atoms with Gasteiger partial charge in [0.15, 0.2) is 0 Å². The summed E-state index contributed by atoms with van der Waals surface area (Å²) in [6.07, 6.45) is 12.1. The second kappa shape index (κ2) is 13.4. The molecule has 3 aliphatic rings. The third-order valence-corrected chi connectivity index (χ3v) is 9.26. The molecule has 0 bridgehead atoms. The van der Waals surface area contributed by atoms with Gasteiger partial charge in [0.1, 0.15) is 0 Å². The molecule has 0 aromatic heterocycles. The Morgan fingerprint density at radius 3 is 1.10 bits per heavy atom. The van der Waals surface area contributed by atoms with Gasteiger partial charge >= 0.3 is 0 Å². The van der Waals surface area contributed by atoms with Gasteiger partial charge in [-0.2, -0.15) is 0 Å². The van der Waals surface area contributed by atoms with E-state index in [-0.39, 0.29) is 47.5 Å². The highest BCUT2D eigenvalue weighted by molar-refractivity contribution is 6.06. The van der Waals surface area contributed by atoms with Crippen LogP contribution < -0.4 is 0 Å². The molecular formula is C34H42N2O4. The van der Waals surface area contributed by atoms with E-state index in [1.807, 2.05) is 36.4 Å². The Morgan fingerprint density at radius 1 is 0.450 bits per heavy atom. The molecule has 5 rings (SSSR count). The topological polar surface area (TPSA) is 74.8 Å². The number of nitrogens with zero attached hydrogens (tertiary/aromatic N) is 2. The van der Waals surface area contributed by atoms with Crippen LogP contribution in [-0.4, -0.2) is 45.5 Å². The number of carbonyl (C=O) groups excluding carboxylic acids is 4. The molecule has 40 heavy (non-hydrogen) atoms. The minimum atomic E-state index is -0.227. The summed E-state index contributed by atoms with van der Waals surface area (Å²) in [5.41, 5.74) is 1.06. The molecule has 212 valence electrons. The van der Waals surface area contributed by atoms with Crippen molar-refractivity contribution in [3.63, 3.8) is 0 Å². The van der Waals surface area contributed by atoms with E-state index in [2.05, 4.69) is 0 Å².